The second-order valence-electron chi connectivity index (χ2n) is 10.6. The second kappa shape index (κ2) is 10.8. The van der Waals surface area contributed by atoms with Gasteiger partial charge >= 0.3 is 0 Å². The summed E-state index contributed by atoms with van der Waals surface area (Å²) in [6.07, 6.45) is 1.11. The van der Waals surface area contributed by atoms with Crippen LogP contribution in [0.4, 0.5) is 5.69 Å². The van der Waals surface area contributed by atoms with E-state index in [0.717, 1.165) is 34.6 Å². The van der Waals surface area contributed by atoms with Crippen LogP contribution in [0.1, 0.15) is 34.0 Å². The smallest absolute Gasteiger partial charge is 0.274 e. The van der Waals surface area contributed by atoms with Crippen molar-refractivity contribution in [2.75, 3.05) is 25.5 Å². The van der Waals surface area contributed by atoms with Gasteiger partial charge in [-0.05, 0) is 65.4 Å². The monoisotopic (exact) mass is 533 g/mol. The number of carbonyl (C=O) groups excluding carboxylic acids is 2. The number of fused-ring (bicyclic) bond motifs is 4. The van der Waals surface area contributed by atoms with Crippen molar-refractivity contribution in [1.29, 1.82) is 0 Å². The van der Waals surface area contributed by atoms with Crippen LogP contribution in [0.15, 0.2) is 95.8 Å². The van der Waals surface area contributed by atoms with Gasteiger partial charge in [-0.15, -0.1) is 0 Å². The molecule has 0 spiro atoms. The lowest BCUT2D eigenvalue weighted by atomic mass is 9.83. The Kier molecular flexibility index (Phi) is 6.95. The van der Waals surface area contributed by atoms with E-state index >= 15 is 0 Å². The zero-order valence-corrected chi connectivity index (χ0v) is 22.4. The molecule has 202 valence electrons. The summed E-state index contributed by atoms with van der Waals surface area (Å²) in [5.41, 5.74) is 4.73. The summed E-state index contributed by atoms with van der Waals surface area (Å²) >= 11 is 0. The average Bonchev–Trinajstić information content (AvgIpc) is 2.99. The van der Waals surface area contributed by atoms with Crippen molar-refractivity contribution in [2.45, 2.75) is 25.3 Å². The van der Waals surface area contributed by atoms with Crippen molar-refractivity contribution in [3.8, 4) is 16.9 Å². The van der Waals surface area contributed by atoms with Gasteiger partial charge in [-0.1, -0.05) is 54.6 Å². The Morgan fingerprint density at radius 2 is 1.57 bits per heavy atom. The van der Waals surface area contributed by atoms with E-state index in [2.05, 4.69) is 17.4 Å². The quantitative estimate of drug-likeness (QED) is 0.380. The normalized spacial score (nSPS) is 17.6. The second-order valence-corrected chi connectivity index (χ2v) is 10.6. The molecule has 1 saturated heterocycles. The number of carbonyl (C=O) groups is 2. The maximum atomic E-state index is 13.4. The predicted octanol–water partition coefficient (Wildman–Crippen LogP) is 4.96. The van der Waals surface area contributed by atoms with Gasteiger partial charge in [0.05, 0.1) is 13.5 Å². The van der Waals surface area contributed by atoms with Crippen LogP contribution in [-0.4, -0.2) is 41.5 Å². The van der Waals surface area contributed by atoms with Crippen LogP contribution in [0.25, 0.3) is 11.1 Å². The van der Waals surface area contributed by atoms with Gasteiger partial charge in [0, 0.05) is 36.8 Å². The molecule has 40 heavy (non-hydrogen) atoms. The van der Waals surface area contributed by atoms with Gasteiger partial charge in [-0.2, -0.15) is 0 Å². The number of nitrogens with zero attached hydrogens (tertiary/aromatic N) is 2. The predicted molar refractivity (Wildman–Crippen MR) is 155 cm³/mol. The fourth-order valence-electron chi connectivity index (χ4n) is 5.95. The van der Waals surface area contributed by atoms with Crippen LogP contribution in [-0.2, 0) is 17.8 Å². The number of methoxy groups -OCH3 is 1. The molecular weight excluding hydrogens is 502 g/mol. The zero-order chi connectivity index (χ0) is 27.6. The van der Waals surface area contributed by atoms with Crippen LogP contribution in [0, 0.1) is 5.92 Å². The standard InChI is InChI=1S/C33H31N3O4/c1-40-28-13-7-22(8-14-28)18-31(37)34-29-15-16-30-27-17-23(20-36(30)33(29)39)19-35(21-27)32(38)26-11-9-25(10-12-26)24-5-3-2-4-6-24/h2-16,23,27H,17-21H2,1H3,(H,34,37). The third-order valence-corrected chi connectivity index (χ3v) is 7.93. The first-order valence-corrected chi connectivity index (χ1v) is 13.6. The number of piperidine rings is 1. The molecule has 2 aliphatic heterocycles. The minimum atomic E-state index is -0.242. The van der Waals surface area contributed by atoms with Gasteiger partial charge in [-0.3, -0.25) is 14.4 Å². The minimum absolute atomic E-state index is 0.0209. The van der Waals surface area contributed by atoms with Crippen molar-refractivity contribution >= 4 is 17.5 Å². The minimum Gasteiger partial charge on any atom is -0.497 e. The van der Waals surface area contributed by atoms with Gasteiger partial charge in [0.15, 0.2) is 0 Å². The number of likely N-dealkylation sites (tertiary alicyclic amines) is 1. The average molecular weight is 534 g/mol. The SMILES string of the molecule is COc1ccc(CC(=O)Nc2ccc3n(c2=O)CC2CC3CN(C(=O)c3ccc(-c4ccccc4)cc3)C2)cc1. The molecule has 7 nitrogen and oxygen atoms in total. The van der Waals surface area contributed by atoms with Crippen LogP contribution in [0.5, 0.6) is 5.75 Å². The van der Waals surface area contributed by atoms with Crippen molar-refractivity contribution in [1.82, 2.24) is 9.47 Å². The summed E-state index contributed by atoms with van der Waals surface area (Å²) in [4.78, 5) is 41.4. The molecule has 2 atom stereocenters. The van der Waals surface area contributed by atoms with Crippen LogP contribution in [0.2, 0.25) is 0 Å². The van der Waals surface area contributed by atoms with Crippen LogP contribution in [0.3, 0.4) is 0 Å². The van der Waals surface area contributed by atoms with E-state index in [-0.39, 0.29) is 41.3 Å². The molecule has 0 saturated carbocycles. The lowest BCUT2D eigenvalue weighted by molar-refractivity contribution is -0.115. The molecule has 7 heteroatoms. The summed E-state index contributed by atoms with van der Waals surface area (Å²) in [7, 11) is 1.60. The lowest BCUT2D eigenvalue weighted by Crippen LogP contribution is -2.49. The molecule has 0 radical (unpaired) electrons. The van der Waals surface area contributed by atoms with E-state index in [1.165, 1.54) is 0 Å². The number of pyridine rings is 1. The Hall–Kier alpha value is -4.65. The Morgan fingerprint density at radius 1 is 0.850 bits per heavy atom. The zero-order valence-electron chi connectivity index (χ0n) is 22.4. The fourth-order valence-corrected chi connectivity index (χ4v) is 5.95. The molecule has 6 rings (SSSR count). The lowest BCUT2D eigenvalue weighted by Gasteiger charge is -2.43. The summed E-state index contributed by atoms with van der Waals surface area (Å²) in [5.74, 6) is 0.767. The Morgan fingerprint density at radius 3 is 2.30 bits per heavy atom. The number of amides is 2. The maximum absolute atomic E-state index is 13.4. The molecule has 2 amide bonds. The first kappa shape index (κ1) is 25.6. The van der Waals surface area contributed by atoms with Crippen molar-refractivity contribution < 1.29 is 14.3 Å². The molecule has 1 fully saturated rings. The Labute approximate surface area is 233 Å². The first-order chi connectivity index (χ1) is 19.5. The molecule has 4 aromatic rings. The highest BCUT2D eigenvalue weighted by Gasteiger charge is 2.37. The summed E-state index contributed by atoms with van der Waals surface area (Å²) < 4.78 is 6.95. The molecule has 0 aliphatic carbocycles. The summed E-state index contributed by atoms with van der Waals surface area (Å²) in [5, 5.41) is 2.80. The molecule has 3 aromatic carbocycles. The molecule has 2 bridgehead atoms. The van der Waals surface area contributed by atoms with Crippen LogP contribution >= 0.6 is 0 Å². The highest BCUT2D eigenvalue weighted by atomic mass is 16.5. The number of nitrogens with one attached hydrogen (secondary N) is 1. The van der Waals surface area contributed by atoms with E-state index in [1.54, 1.807) is 17.7 Å². The van der Waals surface area contributed by atoms with E-state index in [4.69, 9.17) is 4.74 Å². The number of hydrogen-bond donors (Lipinski definition) is 1. The number of benzene rings is 3. The van der Waals surface area contributed by atoms with Crippen molar-refractivity contribution in [3.63, 3.8) is 0 Å². The number of anilines is 1. The Balaban J connectivity index is 1.14. The van der Waals surface area contributed by atoms with Gasteiger partial charge < -0.3 is 19.5 Å². The highest BCUT2D eigenvalue weighted by Crippen LogP contribution is 2.36. The summed E-state index contributed by atoms with van der Waals surface area (Å²) in [6, 6.07) is 28.8. The molecule has 2 aliphatic rings. The molecule has 1 N–H and O–H groups in total. The van der Waals surface area contributed by atoms with Gasteiger partial charge in [0.2, 0.25) is 5.91 Å². The molecular formula is C33H31N3O4. The van der Waals surface area contributed by atoms with Crippen molar-refractivity contribution in [2.24, 2.45) is 5.92 Å². The van der Waals surface area contributed by atoms with E-state index in [1.807, 2.05) is 77.7 Å². The number of ether oxygens (including phenoxy) is 1. The Bertz CT molecular complexity index is 1590. The fraction of sp³-hybridized carbons (Fsp3) is 0.242. The van der Waals surface area contributed by atoms with E-state index in [0.29, 0.717) is 25.2 Å². The maximum Gasteiger partial charge on any atom is 0.274 e. The van der Waals surface area contributed by atoms with Gasteiger partial charge in [-0.25, -0.2) is 0 Å². The first-order valence-electron chi connectivity index (χ1n) is 13.6. The number of hydrogen-bond acceptors (Lipinski definition) is 4. The third kappa shape index (κ3) is 5.15. The van der Waals surface area contributed by atoms with E-state index in [9.17, 15) is 14.4 Å². The molecule has 1 aromatic heterocycles. The molecule has 2 unspecified atom stereocenters. The number of rotatable bonds is 6. The summed E-state index contributed by atoms with van der Waals surface area (Å²) in [6.45, 7) is 1.71. The number of aromatic nitrogens is 1. The highest BCUT2D eigenvalue weighted by molar-refractivity contribution is 5.95. The molecule has 3 heterocycles. The largest absolute Gasteiger partial charge is 0.497 e. The van der Waals surface area contributed by atoms with Gasteiger partial charge in [0.25, 0.3) is 11.5 Å². The topological polar surface area (TPSA) is 80.6 Å². The third-order valence-electron chi connectivity index (χ3n) is 7.93. The van der Waals surface area contributed by atoms with Crippen LogP contribution < -0.4 is 15.6 Å². The van der Waals surface area contributed by atoms with Crippen molar-refractivity contribution in [3.05, 3.63) is 118 Å². The van der Waals surface area contributed by atoms with Gasteiger partial charge in [0.1, 0.15) is 11.4 Å². The van der Waals surface area contributed by atoms with E-state index < -0.39 is 0 Å².